The Labute approximate surface area is 210 Å². The largest absolute Gasteiger partial charge is 0.401 e. The van der Waals surface area contributed by atoms with Gasteiger partial charge in [-0.1, -0.05) is 18.0 Å². The topological polar surface area (TPSA) is 78.4 Å². The summed E-state index contributed by atoms with van der Waals surface area (Å²) in [5.41, 5.74) is 0.379. The van der Waals surface area contributed by atoms with Gasteiger partial charge in [0.05, 0.1) is 16.9 Å². The van der Waals surface area contributed by atoms with Crippen molar-refractivity contribution < 1.29 is 13.2 Å². The summed E-state index contributed by atoms with van der Waals surface area (Å²) in [4.78, 5) is 4.37. The minimum Gasteiger partial charge on any atom is -0.344 e. The second-order valence-corrected chi connectivity index (χ2v) is 10.0. The van der Waals surface area contributed by atoms with E-state index in [1.165, 1.54) is 0 Å². The quantitative estimate of drug-likeness (QED) is 0.366. The monoisotopic (exact) mass is 516 g/mol. The number of hydrogen-bond donors (Lipinski definition) is 1. The fraction of sp³-hybridized carbons (Fsp3) is 0.417. The third-order valence-electron chi connectivity index (χ3n) is 7.47. The number of halogens is 4. The molecular formula is C24H24ClF3N8. The first-order valence-corrected chi connectivity index (χ1v) is 12.2. The first-order chi connectivity index (χ1) is 17.2. The standard InChI is InChI=1S/C24H24ClF3N8/c1-14-5-9-35-13-15(16-11-19(29-12-17(16)25)31-20-4-8-30-34(20)2)10-18(35)21-32-33-22(36(14)21)23(6-3-7-23)24(26,27)28/h4,8,10-14H,3,5-7,9H2,1-2H3,(H,29,31)/t14-/m0/s1. The average Bonchev–Trinajstić information content (AvgIpc) is 3.49. The molecule has 12 heteroatoms. The van der Waals surface area contributed by atoms with Gasteiger partial charge in [-0.2, -0.15) is 18.3 Å². The van der Waals surface area contributed by atoms with Gasteiger partial charge in [0.25, 0.3) is 0 Å². The predicted octanol–water partition coefficient (Wildman–Crippen LogP) is 5.89. The number of nitrogens with zero attached hydrogens (tertiary/aromatic N) is 7. The Hall–Kier alpha value is -3.34. The maximum atomic E-state index is 14.2. The summed E-state index contributed by atoms with van der Waals surface area (Å²) in [7, 11) is 1.82. The van der Waals surface area contributed by atoms with Gasteiger partial charge in [-0.3, -0.25) is 4.68 Å². The van der Waals surface area contributed by atoms with Crippen LogP contribution in [0.5, 0.6) is 0 Å². The number of anilines is 2. The van der Waals surface area contributed by atoms with Crippen LogP contribution in [0.15, 0.2) is 36.8 Å². The first kappa shape index (κ1) is 23.1. The molecule has 4 aromatic rings. The predicted molar refractivity (Wildman–Crippen MR) is 129 cm³/mol. The SMILES string of the molecule is C[C@H]1CCn2cc(-c3cc(Nc4ccnn4C)ncc3Cl)cc2-c2nnc(C3(C(F)(F)F)CCC3)n21. The summed E-state index contributed by atoms with van der Waals surface area (Å²) in [6.45, 7) is 2.57. The van der Waals surface area contributed by atoms with Gasteiger partial charge in [-0.15, -0.1) is 10.2 Å². The number of hydrogen-bond acceptors (Lipinski definition) is 5. The van der Waals surface area contributed by atoms with Crippen LogP contribution in [0, 0.1) is 0 Å². The van der Waals surface area contributed by atoms with Crippen molar-refractivity contribution in [2.75, 3.05) is 5.32 Å². The molecule has 1 fully saturated rings. The van der Waals surface area contributed by atoms with Gasteiger partial charge in [0.1, 0.15) is 22.9 Å². The minimum atomic E-state index is -4.37. The maximum Gasteiger partial charge on any atom is 0.401 e. The molecule has 2 aliphatic rings. The summed E-state index contributed by atoms with van der Waals surface area (Å²) < 4.78 is 47.9. The van der Waals surface area contributed by atoms with Gasteiger partial charge in [-0.25, -0.2) is 4.98 Å². The fourth-order valence-corrected chi connectivity index (χ4v) is 5.43. The highest BCUT2D eigenvalue weighted by Crippen LogP contribution is 2.55. The van der Waals surface area contributed by atoms with Crippen LogP contribution in [0.2, 0.25) is 5.02 Å². The molecule has 4 aromatic heterocycles. The lowest BCUT2D eigenvalue weighted by molar-refractivity contribution is -0.216. The second-order valence-electron chi connectivity index (χ2n) is 9.61. The molecule has 1 aliphatic heterocycles. The molecular weight excluding hydrogens is 493 g/mol. The maximum absolute atomic E-state index is 14.2. The molecule has 36 heavy (non-hydrogen) atoms. The van der Waals surface area contributed by atoms with E-state index in [1.54, 1.807) is 21.6 Å². The summed E-state index contributed by atoms with van der Waals surface area (Å²) in [6.07, 6.45) is 2.14. The van der Waals surface area contributed by atoms with Crippen LogP contribution in [0.4, 0.5) is 24.8 Å². The van der Waals surface area contributed by atoms with Crippen LogP contribution in [-0.2, 0) is 19.0 Å². The highest BCUT2D eigenvalue weighted by molar-refractivity contribution is 6.33. The number of aromatic nitrogens is 7. The van der Waals surface area contributed by atoms with Crippen LogP contribution < -0.4 is 5.32 Å². The number of aryl methyl sites for hydroxylation is 2. The van der Waals surface area contributed by atoms with Gasteiger partial charge in [0, 0.05) is 49.2 Å². The first-order valence-electron chi connectivity index (χ1n) is 11.8. The normalized spacial score (nSPS) is 18.8. The van der Waals surface area contributed by atoms with E-state index in [-0.39, 0.29) is 24.7 Å². The number of pyridine rings is 1. The zero-order valence-corrected chi connectivity index (χ0v) is 20.5. The minimum absolute atomic E-state index is 0.0320. The molecule has 188 valence electrons. The van der Waals surface area contributed by atoms with Gasteiger partial charge in [0.15, 0.2) is 5.82 Å². The van der Waals surface area contributed by atoms with E-state index < -0.39 is 11.6 Å². The third kappa shape index (κ3) is 3.43. The van der Waals surface area contributed by atoms with Crippen molar-refractivity contribution in [2.45, 2.75) is 56.8 Å². The Morgan fingerprint density at radius 2 is 2.00 bits per heavy atom. The van der Waals surface area contributed by atoms with Gasteiger partial charge < -0.3 is 14.5 Å². The van der Waals surface area contributed by atoms with E-state index in [2.05, 4.69) is 25.6 Å². The van der Waals surface area contributed by atoms with E-state index in [4.69, 9.17) is 11.6 Å². The molecule has 1 N–H and O–H groups in total. The van der Waals surface area contributed by atoms with Gasteiger partial charge in [-0.05, 0) is 38.3 Å². The second kappa shape index (κ2) is 8.09. The number of fused-ring (bicyclic) bond motifs is 3. The van der Waals surface area contributed by atoms with Crippen LogP contribution >= 0.6 is 11.6 Å². The van der Waals surface area contributed by atoms with E-state index in [1.807, 2.05) is 42.9 Å². The lowest BCUT2D eigenvalue weighted by Gasteiger charge is -2.42. The van der Waals surface area contributed by atoms with Crippen molar-refractivity contribution in [2.24, 2.45) is 7.05 Å². The smallest absolute Gasteiger partial charge is 0.344 e. The Balaban J connectivity index is 1.42. The molecule has 0 amide bonds. The lowest BCUT2D eigenvalue weighted by atomic mass is 9.67. The Morgan fingerprint density at radius 3 is 2.67 bits per heavy atom. The van der Waals surface area contributed by atoms with Crippen molar-refractivity contribution in [1.29, 1.82) is 0 Å². The molecule has 5 heterocycles. The molecule has 1 atom stereocenters. The Bertz CT molecular complexity index is 1450. The Kier molecular flexibility index (Phi) is 5.19. The van der Waals surface area contributed by atoms with E-state index in [9.17, 15) is 13.2 Å². The summed E-state index contributed by atoms with van der Waals surface area (Å²) in [6, 6.07) is 5.43. The molecule has 1 aliphatic carbocycles. The summed E-state index contributed by atoms with van der Waals surface area (Å²) in [5, 5.41) is 16.3. The van der Waals surface area contributed by atoms with Crippen LogP contribution in [0.3, 0.4) is 0 Å². The summed E-state index contributed by atoms with van der Waals surface area (Å²) >= 11 is 6.53. The average molecular weight is 517 g/mol. The highest BCUT2D eigenvalue weighted by Gasteiger charge is 2.62. The number of nitrogens with one attached hydrogen (secondary N) is 1. The van der Waals surface area contributed by atoms with Crippen LogP contribution in [0.1, 0.15) is 44.5 Å². The molecule has 8 nitrogen and oxygen atoms in total. The van der Waals surface area contributed by atoms with Crippen LogP contribution in [0.25, 0.3) is 22.6 Å². The van der Waals surface area contributed by atoms with E-state index in [0.29, 0.717) is 36.1 Å². The van der Waals surface area contributed by atoms with Crippen molar-refractivity contribution in [3.8, 4) is 22.6 Å². The van der Waals surface area contributed by atoms with E-state index >= 15 is 0 Å². The highest BCUT2D eigenvalue weighted by atomic mass is 35.5. The fourth-order valence-electron chi connectivity index (χ4n) is 5.22. The lowest BCUT2D eigenvalue weighted by Crippen LogP contribution is -2.50. The molecule has 0 aromatic carbocycles. The van der Waals surface area contributed by atoms with Crippen molar-refractivity contribution in [3.63, 3.8) is 0 Å². The summed E-state index contributed by atoms with van der Waals surface area (Å²) in [5.74, 6) is 1.85. The molecule has 6 rings (SSSR count). The zero-order chi connectivity index (χ0) is 25.2. The number of rotatable bonds is 4. The third-order valence-corrected chi connectivity index (χ3v) is 7.77. The van der Waals surface area contributed by atoms with Crippen molar-refractivity contribution in [3.05, 3.63) is 47.6 Å². The molecule has 0 unspecified atom stereocenters. The van der Waals surface area contributed by atoms with Crippen LogP contribution in [-0.4, -0.2) is 40.3 Å². The molecule has 0 saturated heterocycles. The molecule has 0 radical (unpaired) electrons. The Morgan fingerprint density at radius 1 is 1.19 bits per heavy atom. The number of alkyl halides is 3. The van der Waals surface area contributed by atoms with Gasteiger partial charge in [0.2, 0.25) is 0 Å². The molecule has 1 saturated carbocycles. The van der Waals surface area contributed by atoms with Crippen molar-refractivity contribution >= 4 is 23.2 Å². The van der Waals surface area contributed by atoms with Crippen molar-refractivity contribution in [1.82, 2.24) is 34.1 Å². The molecule has 0 spiro atoms. The molecule has 0 bridgehead atoms. The van der Waals surface area contributed by atoms with E-state index in [0.717, 1.165) is 22.6 Å². The van der Waals surface area contributed by atoms with Gasteiger partial charge >= 0.3 is 6.18 Å². The zero-order valence-electron chi connectivity index (χ0n) is 19.7.